The molecular formula is C13H13ClN2O. The van der Waals surface area contributed by atoms with Crippen molar-refractivity contribution in [3.8, 4) is 11.6 Å². The summed E-state index contributed by atoms with van der Waals surface area (Å²) in [7, 11) is 0. The molecule has 0 unspecified atom stereocenters. The van der Waals surface area contributed by atoms with Crippen LogP contribution in [0.4, 0.5) is 0 Å². The van der Waals surface area contributed by atoms with Crippen molar-refractivity contribution in [1.29, 1.82) is 0 Å². The lowest BCUT2D eigenvalue weighted by Crippen LogP contribution is -1.94. The second-order valence-electron chi connectivity index (χ2n) is 3.92. The first-order chi connectivity index (χ1) is 8.06. The van der Waals surface area contributed by atoms with Crippen molar-refractivity contribution in [2.45, 2.75) is 20.8 Å². The molecule has 1 aromatic heterocycles. The number of rotatable bonds is 2. The minimum absolute atomic E-state index is 0.199. The third-order valence-corrected chi connectivity index (χ3v) is 2.74. The van der Waals surface area contributed by atoms with Crippen LogP contribution in [-0.2, 0) is 0 Å². The molecule has 2 aromatic rings. The van der Waals surface area contributed by atoms with Crippen LogP contribution in [-0.4, -0.2) is 9.97 Å². The molecule has 0 amide bonds. The van der Waals surface area contributed by atoms with Gasteiger partial charge < -0.3 is 4.74 Å². The average molecular weight is 249 g/mol. The normalized spacial score (nSPS) is 10.4. The van der Waals surface area contributed by atoms with Gasteiger partial charge in [0.05, 0.1) is 0 Å². The highest BCUT2D eigenvalue weighted by Gasteiger charge is 2.06. The Hall–Kier alpha value is -1.61. The van der Waals surface area contributed by atoms with E-state index in [0.717, 1.165) is 17.0 Å². The van der Waals surface area contributed by atoms with Gasteiger partial charge >= 0.3 is 0 Å². The number of nitrogens with zero attached hydrogens (tertiary/aromatic N) is 2. The van der Waals surface area contributed by atoms with Crippen LogP contribution in [0.25, 0.3) is 0 Å². The highest BCUT2D eigenvalue weighted by Crippen LogP contribution is 2.26. The van der Waals surface area contributed by atoms with Gasteiger partial charge in [-0.3, -0.25) is 0 Å². The van der Waals surface area contributed by atoms with Gasteiger partial charge in [-0.2, -0.15) is 4.98 Å². The van der Waals surface area contributed by atoms with Gasteiger partial charge in [0.25, 0.3) is 0 Å². The summed E-state index contributed by atoms with van der Waals surface area (Å²) in [6.45, 7) is 5.91. The van der Waals surface area contributed by atoms with Gasteiger partial charge in [-0.1, -0.05) is 12.1 Å². The first-order valence-corrected chi connectivity index (χ1v) is 5.69. The molecule has 0 spiro atoms. The van der Waals surface area contributed by atoms with Crippen LogP contribution in [0, 0.1) is 20.8 Å². The fraction of sp³-hybridized carbons (Fsp3) is 0.231. The summed E-state index contributed by atoms with van der Waals surface area (Å²) in [5.74, 6) is 1.26. The number of aromatic nitrogens is 2. The molecule has 1 aromatic carbocycles. The Morgan fingerprint density at radius 3 is 2.59 bits per heavy atom. The number of benzene rings is 1. The largest absolute Gasteiger partial charge is 0.439 e. The third kappa shape index (κ3) is 2.74. The van der Waals surface area contributed by atoms with Crippen molar-refractivity contribution >= 4 is 11.6 Å². The van der Waals surface area contributed by atoms with E-state index in [1.165, 1.54) is 5.56 Å². The third-order valence-electron chi connectivity index (χ3n) is 2.57. The van der Waals surface area contributed by atoms with Gasteiger partial charge in [-0.05, 0) is 49.6 Å². The molecule has 0 bridgehead atoms. The van der Waals surface area contributed by atoms with Crippen molar-refractivity contribution < 1.29 is 4.74 Å². The Bertz CT molecular complexity index is 535. The van der Waals surface area contributed by atoms with E-state index >= 15 is 0 Å². The fourth-order valence-corrected chi connectivity index (χ4v) is 1.72. The maximum absolute atomic E-state index is 5.79. The smallest absolute Gasteiger partial charge is 0.225 e. The highest BCUT2D eigenvalue weighted by atomic mass is 35.5. The van der Waals surface area contributed by atoms with Crippen LogP contribution in [0.1, 0.15) is 16.8 Å². The Morgan fingerprint density at radius 2 is 1.88 bits per heavy atom. The lowest BCUT2D eigenvalue weighted by atomic mass is 10.1. The van der Waals surface area contributed by atoms with E-state index < -0.39 is 0 Å². The molecule has 0 radical (unpaired) electrons. The van der Waals surface area contributed by atoms with Gasteiger partial charge in [-0.25, -0.2) is 4.98 Å². The van der Waals surface area contributed by atoms with Crippen LogP contribution in [0.5, 0.6) is 11.6 Å². The molecule has 0 aliphatic carbocycles. The molecule has 17 heavy (non-hydrogen) atoms. The highest BCUT2D eigenvalue weighted by molar-refractivity contribution is 6.28. The van der Waals surface area contributed by atoms with Crippen LogP contribution >= 0.6 is 11.6 Å². The number of halogens is 1. The predicted molar refractivity (Wildman–Crippen MR) is 67.8 cm³/mol. The molecule has 88 valence electrons. The topological polar surface area (TPSA) is 35.0 Å². The summed E-state index contributed by atoms with van der Waals surface area (Å²) >= 11 is 5.79. The number of ether oxygens (including phenoxy) is 1. The molecule has 0 atom stereocenters. The molecule has 0 fully saturated rings. The summed E-state index contributed by atoms with van der Waals surface area (Å²) in [5.41, 5.74) is 3.06. The van der Waals surface area contributed by atoms with E-state index in [1.807, 2.05) is 39.0 Å². The van der Waals surface area contributed by atoms with Crippen molar-refractivity contribution in [2.24, 2.45) is 0 Å². The molecule has 0 N–H and O–H groups in total. The average Bonchev–Trinajstić information content (AvgIpc) is 2.23. The molecule has 3 nitrogen and oxygen atoms in total. The standard InChI is InChI=1S/C13H13ClN2O/c1-8-5-4-6-11(10(8)3)17-12-7-9(2)15-13(14)16-12/h4-7H,1-3H3. The first kappa shape index (κ1) is 11.9. The summed E-state index contributed by atoms with van der Waals surface area (Å²) in [6.07, 6.45) is 0. The van der Waals surface area contributed by atoms with E-state index in [1.54, 1.807) is 6.07 Å². The summed E-state index contributed by atoms with van der Waals surface area (Å²) in [6, 6.07) is 7.66. The van der Waals surface area contributed by atoms with Crippen LogP contribution < -0.4 is 4.74 Å². The van der Waals surface area contributed by atoms with Gasteiger partial charge in [0.1, 0.15) is 5.75 Å². The molecule has 0 saturated heterocycles. The number of aryl methyl sites for hydroxylation is 2. The van der Waals surface area contributed by atoms with Crippen LogP contribution in [0.15, 0.2) is 24.3 Å². The molecular weight excluding hydrogens is 236 g/mol. The number of hydrogen-bond acceptors (Lipinski definition) is 3. The predicted octanol–water partition coefficient (Wildman–Crippen LogP) is 3.85. The van der Waals surface area contributed by atoms with Crippen molar-refractivity contribution in [2.75, 3.05) is 0 Å². The molecule has 2 rings (SSSR count). The van der Waals surface area contributed by atoms with E-state index in [4.69, 9.17) is 16.3 Å². The Morgan fingerprint density at radius 1 is 1.12 bits per heavy atom. The molecule has 0 saturated carbocycles. The van der Waals surface area contributed by atoms with E-state index in [0.29, 0.717) is 5.88 Å². The van der Waals surface area contributed by atoms with E-state index in [2.05, 4.69) is 9.97 Å². The Kier molecular flexibility index (Phi) is 3.29. The second kappa shape index (κ2) is 4.72. The number of hydrogen-bond donors (Lipinski definition) is 0. The minimum Gasteiger partial charge on any atom is -0.439 e. The zero-order chi connectivity index (χ0) is 12.4. The maximum Gasteiger partial charge on any atom is 0.225 e. The van der Waals surface area contributed by atoms with Crippen molar-refractivity contribution in [3.05, 3.63) is 46.4 Å². The molecule has 1 heterocycles. The van der Waals surface area contributed by atoms with E-state index in [-0.39, 0.29) is 5.28 Å². The molecule has 0 aliphatic heterocycles. The van der Waals surface area contributed by atoms with Crippen LogP contribution in [0.2, 0.25) is 5.28 Å². The molecule has 0 aliphatic rings. The summed E-state index contributed by atoms with van der Waals surface area (Å²) < 4.78 is 5.72. The van der Waals surface area contributed by atoms with Gasteiger partial charge in [-0.15, -0.1) is 0 Å². The Balaban J connectivity index is 2.34. The van der Waals surface area contributed by atoms with Crippen molar-refractivity contribution in [3.63, 3.8) is 0 Å². The van der Waals surface area contributed by atoms with Crippen molar-refractivity contribution in [1.82, 2.24) is 9.97 Å². The maximum atomic E-state index is 5.79. The zero-order valence-electron chi connectivity index (χ0n) is 9.99. The molecule has 4 heteroatoms. The summed E-state index contributed by atoms with van der Waals surface area (Å²) in [5, 5.41) is 0.199. The van der Waals surface area contributed by atoms with Gasteiger partial charge in [0, 0.05) is 11.8 Å². The Labute approximate surface area is 105 Å². The van der Waals surface area contributed by atoms with Gasteiger partial charge in [0.15, 0.2) is 0 Å². The minimum atomic E-state index is 0.199. The SMILES string of the molecule is Cc1cc(Oc2cccc(C)c2C)nc(Cl)n1. The van der Waals surface area contributed by atoms with Gasteiger partial charge in [0.2, 0.25) is 11.2 Å². The lowest BCUT2D eigenvalue weighted by molar-refractivity contribution is 0.457. The quantitative estimate of drug-likeness (QED) is 0.758. The van der Waals surface area contributed by atoms with E-state index in [9.17, 15) is 0 Å². The lowest BCUT2D eigenvalue weighted by Gasteiger charge is -2.09. The zero-order valence-corrected chi connectivity index (χ0v) is 10.7. The second-order valence-corrected chi connectivity index (χ2v) is 4.25. The monoisotopic (exact) mass is 248 g/mol. The van der Waals surface area contributed by atoms with Crippen LogP contribution in [0.3, 0.4) is 0 Å². The summed E-state index contributed by atoms with van der Waals surface area (Å²) in [4.78, 5) is 8.02. The fourth-order valence-electron chi connectivity index (χ4n) is 1.50. The first-order valence-electron chi connectivity index (χ1n) is 5.31.